The molecular formula is C12H18ClFN2O2. The molecule has 0 spiro atoms. The molecule has 1 unspecified atom stereocenters. The van der Waals surface area contributed by atoms with Crippen LogP contribution in [0.5, 0.6) is 0 Å². The van der Waals surface area contributed by atoms with Crippen molar-refractivity contribution in [2.45, 2.75) is 25.5 Å². The Balaban J connectivity index is 0.00000289. The Morgan fingerprint density at radius 2 is 1.94 bits per heavy atom. The molecule has 18 heavy (non-hydrogen) atoms. The molecule has 1 amide bonds. The average Bonchev–Trinajstić information content (AvgIpc) is 2.25. The van der Waals surface area contributed by atoms with Crippen LogP contribution in [0, 0.1) is 5.82 Å². The minimum absolute atomic E-state index is 0. The lowest BCUT2D eigenvalue weighted by Gasteiger charge is -2.19. The predicted octanol–water partition coefficient (Wildman–Crippen LogP) is 1.13. The number of aliphatic hydroxyl groups is 1. The van der Waals surface area contributed by atoms with E-state index in [0.29, 0.717) is 5.56 Å². The molecule has 0 aromatic heterocycles. The van der Waals surface area contributed by atoms with E-state index in [-0.39, 0.29) is 30.7 Å². The zero-order valence-corrected chi connectivity index (χ0v) is 11.1. The molecule has 4 nitrogen and oxygen atoms in total. The largest absolute Gasteiger partial charge is 0.387 e. The van der Waals surface area contributed by atoms with Crippen LogP contribution < -0.4 is 11.1 Å². The lowest BCUT2D eigenvalue weighted by Crippen LogP contribution is -2.49. The first-order chi connectivity index (χ1) is 7.80. The van der Waals surface area contributed by atoms with Gasteiger partial charge in [0.2, 0.25) is 5.91 Å². The highest BCUT2D eigenvalue weighted by Crippen LogP contribution is 2.12. The van der Waals surface area contributed by atoms with Crippen LogP contribution in [0.1, 0.15) is 25.5 Å². The van der Waals surface area contributed by atoms with E-state index in [0.717, 1.165) is 0 Å². The van der Waals surface area contributed by atoms with Crippen molar-refractivity contribution in [3.05, 3.63) is 35.6 Å². The van der Waals surface area contributed by atoms with Gasteiger partial charge >= 0.3 is 0 Å². The van der Waals surface area contributed by atoms with Gasteiger partial charge in [-0.15, -0.1) is 12.4 Å². The van der Waals surface area contributed by atoms with E-state index < -0.39 is 11.6 Å². The molecule has 1 rings (SSSR count). The third-order valence-electron chi connectivity index (χ3n) is 2.30. The van der Waals surface area contributed by atoms with Gasteiger partial charge in [0.05, 0.1) is 11.6 Å². The highest BCUT2D eigenvalue weighted by molar-refractivity contribution is 5.85. The van der Waals surface area contributed by atoms with Gasteiger partial charge in [-0.2, -0.15) is 0 Å². The monoisotopic (exact) mass is 276 g/mol. The van der Waals surface area contributed by atoms with Gasteiger partial charge < -0.3 is 16.2 Å². The van der Waals surface area contributed by atoms with E-state index in [9.17, 15) is 14.3 Å². The zero-order valence-electron chi connectivity index (χ0n) is 10.3. The Bertz CT molecular complexity index is 390. The van der Waals surface area contributed by atoms with Gasteiger partial charge in [0.25, 0.3) is 0 Å². The molecule has 6 heteroatoms. The summed E-state index contributed by atoms with van der Waals surface area (Å²) in [4.78, 5) is 11.4. The fourth-order valence-corrected chi connectivity index (χ4v) is 1.22. The second kappa shape index (κ2) is 6.68. The molecule has 0 fully saturated rings. The van der Waals surface area contributed by atoms with Gasteiger partial charge in [-0.3, -0.25) is 4.79 Å². The number of benzene rings is 1. The third kappa shape index (κ3) is 5.00. The Morgan fingerprint density at radius 1 is 1.44 bits per heavy atom. The first kappa shape index (κ1) is 16.8. The summed E-state index contributed by atoms with van der Waals surface area (Å²) in [7, 11) is 0. The van der Waals surface area contributed by atoms with Crippen molar-refractivity contribution in [2.24, 2.45) is 5.73 Å². The maximum absolute atomic E-state index is 12.7. The highest BCUT2D eigenvalue weighted by atomic mass is 35.5. The molecule has 1 atom stereocenters. The summed E-state index contributed by atoms with van der Waals surface area (Å²) in [5.41, 5.74) is 5.14. The van der Waals surface area contributed by atoms with E-state index in [1.165, 1.54) is 24.3 Å². The van der Waals surface area contributed by atoms with Crippen molar-refractivity contribution in [1.29, 1.82) is 0 Å². The lowest BCUT2D eigenvalue weighted by molar-refractivity contribution is -0.125. The summed E-state index contributed by atoms with van der Waals surface area (Å²) in [6, 6.07) is 5.46. The number of hydrogen-bond donors (Lipinski definition) is 3. The first-order valence-electron chi connectivity index (χ1n) is 5.31. The van der Waals surface area contributed by atoms with Gasteiger partial charge in [-0.25, -0.2) is 4.39 Å². The fourth-order valence-electron chi connectivity index (χ4n) is 1.22. The SMILES string of the molecule is CC(C)(N)C(=O)NCC(O)c1ccc(F)cc1.Cl. The van der Waals surface area contributed by atoms with Crippen LogP contribution in [0.4, 0.5) is 4.39 Å². The Hall–Kier alpha value is -1.17. The number of amides is 1. The van der Waals surface area contributed by atoms with Crippen LogP contribution in [0.2, 0.25) is 0 Å². The second-order valence-electron chi connectivity index (χ2n) is 4.50. The molecule has 0 heterocycles. The van der Waals surface area contributed by atoms with Crippen molar-refractivity contribution in [3.63, 3.8) is 0 Å². The zero-order chi connectivity index (χ0) is 13.1. The van der Waals surface area contributed by atoms with Crippen LogP contribution >= 0.6 is 12.4 Å². The summed E-state index contributed by atoms with van der Waals surface area (Å²) < 4.78 is 12.7. The molecule has 1 aromatic rings. The summed E-state index contributed by atoms with van der Waals surface area (Å²) in [5.74, 6) is -0.716. The van der Waals surface area contributed by atoms with Gasteiger partial charge in [0, 0.05) is 6.54 Å². The van der Waals surface area contributed by atoms with Crippen molar-refractivity contribution in [3.8, 4) is 0 Å². The number of aliphatic hydroxyl groups excluding tert-OH is 1. The van der Waals surface area contributed by atoms with Gasteiger partial charge in [0.15, 0.2) is 0 Å². The number of hydrogen-bond acceptors (Lipinski definition) is 3. The summed E-state index contributed by atoms with van der Waals surface area (Å²) in [6.45, 7) is 3.20. The molecular weight excluding hydrogens is 259 g/mol. The maximum atomic E-state index is 12.7. The van der Waals surface area contributed by atoms with Crippen LogP contribution in [0.15, 0.2) is 24.3 Å². The van der Waals surface area contributed by atoms with Crippen molar-refractivity contribution in [1.82, 2.24) is 5.32 Å². The van der Waals surface area contributed by atoms with Crippen molar-refractivity contribution < 1.29 is 14.3 Å². The summed E-state index contributed by atoms with van der Waals surface area (Å²) in [6.07, 6.45) is -0.873. The minimum atomic E-state index is -0.984. The summed E-state index contributed by atoms with van der Waals surface area (Å²) >= 11 is 0. The van der Waals surface area contributed by atoms with E-state index in [1.807, 2.05) is 0 Å². The van der Waals surface area contributed by atoms with E-state index in [4.69, 9.17) is 5.73 Å². The van der Waals surface area contributed by atoms with Gasteiger partial charge in [0.1, 0.15) is 5.82 Å². The number of nitrogens with one attached hydrogen (secondary N) is 1. The number of nitrogens with two attached hydrogens (primary N) is 1. The normalized spacial score (nSPS) is 12.5. The third-order valence-corrected chi connectivity index (χ3v) is 2.30. The highest BCUT2D eigenvalue weighted by Gasteiger charge is 2.22. The quantitative estimate of drug-likeness (QED) is 0.772. The molecule has 0 aliphatic carbocycles. The molecule has 0 aliphatic heterocycles. The molecule has 0 radical (unpaired) electrons. The minimum Gasteiger partial charge on any atom is -0.387 e. The molecule has 4 N–H and O–H groups in total. The molecule has 0 saturated carbocycles. The second-order valence-corrected chi connectivity index (χ2v) is 4.50. The van der Waals surface area contributed by atoms with Crippen LogP contribution in [0.3, 0.4) is 0 Å². The van der Waals surface area contributed by atoms with E-state index in [2.05, 4.69) is 5.32 Å². The number of halogens is 2. The maximum Gasteiger partial charge on any atom is 0.239 e. The Kier molecular flexibility index (Phi) is 6.25. The summed E-state index contributed by atoms with van der Waals surface area (Å²) in [5, 5.41) is 12.3. The standard InChI is InChI=1S/C12H17FN2O2.ClH/c1-12(2,14)11(17)15-7-10(16)8-3-5-9(13)6-4-8;/h3-6,10,16H,7,14H2,1-2H3,(H,15,17);1H. The molecule has 0 aliphatic rings. The smallest absolute Gasteiger partial charge is 0.239 e. The molecule has 0 saturated heterocycles. The van der Waals surface area contributed by atoms with E-state index >= 15 is 0 Å². The molecule has 102 valence electrons. The average molecular weight is 277 g/mol. The fraction of sp³-hybridized carbons (Fsp3) is 0.417. The van der Waals surface area contributed by atoms with E-state index in [1.54, 1.807) is 13.8 Å². The van der Waals surface area contributed by atoms with Crippen molar-refractivity contribution in [2.75, 3.05) is 6.54 Å². The van der Waals surface area contributed by atoms with Crippen LogP contribution in [-0.4, -0.2) is 23.1 Å². The van der Waals surface area contributed by atoms with Crippen LogP contribution in [-0.2, 0) is 4.79 Å². The van der Waals surface area contributed by atoms with Gasteiger partial charge in [-0.05, 0) is 31.5 Å². The lowest BCUT2D eigenvalue weighted by atomic mass is 10.1. The first-order valence-corrected chi connectivity index (χ1v) is 5.31. The Labute approximate surface area is 112 Å². The number of carbonyl (C=O) groups excluding carboxylic acids is 1. The topological polar surface area (TPSA) is 75.4 Å². The van der Waals surface area contributed by atoms with Crippen LogP contribution in [0.25, 0.3) is 0 Å². The molecule has 0 bridgehead atoms. The predicted molar refractivity (Wildman–Crippen MR) is 69.9 cm³/mol. The van der Waals surface area contributed by atoms with Gasteiger partial charge in [-0.1, -0.05) is 12.1 Å². The number of carbonyl (C=O) groups is 1. The van der Waals surface area contributed by atoms with Crippen molar-refractivity contribution >= 4 is 18.3 Å². The Morgan fingerprint density at radius 3 is 2.39 bits per heavy atom. The number of rotatable bonds is 4. The molecule has 1 aromatic carbocycles.